The van der Waals surface area contributed by atoms with E-state index < -0.39 is 15.8 Å². The second-order valence-corrected chi connectivity index (χ2v) is 6.71. The predicted molar refractivity (Wildman–Crippen MR) is 69.5 cm³/mol. The van der Waals surface area contributed by atoms with Gasteiger partial charge in [0.2, 0.25) is 10.0 Å². The van der Waals surface area contributed by atoms with Crippen LogP contribution < -0.4 is 4.72 Å². The Morgan fingerprint density at radius 1 is 1.32 bits per heavy atom. The minimum atomic E-state index is -3.67. The number of aliphatic hydroxyl groups is 1. The molecule has 0 amide bonds. The molecule has 0 bridgehead atoms. The molecule has 1 aromatic carbocycles. The molecule has 1 fully saturated rings. The van der Waals surface area contributed by atoms with Gasteiger partial charge in [0.25, 0.3) is 0 Å². The molecule has 1 aliphatic carbocycles. The Hall–Kier alpha value is -0.980. The smallest absolute Gasteiger partial charge is 0.240 e. The molecule has 0 spiro atoms. The van der Waals surface area contributed by atoms with Gasteiger partial charge in [-0.15, -0.1) is 0 Å². The topological polar surface area (TPSA) is 66.4 Å². The van der Waals surface area contributed by atoms with Crippen LogP contribution in [0.25, 0.3) is 0 Å². The molecule has 19 heavy (non-hydrogen) atoms. The number of nitrogens with one attached hydrogen (secondary N) is 1. The second-order valence-electron chi connectivity index (χ2n) is 4.94. The van der Waals surface area contributed by atoms with E-state index in [0.717, 1.165) is 25.3 Å². The van der Waals surface area contributed by atoms with Gasteiger partial charge in [-0.25, -0.2) is 17.5 Å². The van der Waals surface area contributed by atoms with Gasteiger partial charge in [0.05, 0.1) is 4.90 Å². The maximum atomic E-state index is 13.0. The third-order valence-corrected chi connectivity index (χ3v) is 5.11. The number of benzene rings is 1. The number of hydrogen-bond acceptors (Lipinski definition) is 3. The van der Waals surface area contributed by atoms with Crippen LogP contribution in [0.2, 0.25) is 0 Å². The second kappa shape index (κ2) is 5.98. The van der Waals surface area contributed by atoms with E-state index in [1.54, 1.807) is 0 Å². The fraction of sp³-hybridized carbons (Fsp3) is 0.538. The third-order valence-electron chi connectivity index (χ3n) is 3.69. The highest BCUT2D eigenvalue weighted by Gasteiger charge is 2.28. The molecule has 0 aromatic heterocycles. The lowest BCUT2D eigenvalue weighted by Gasteiger charge is -2.17. The lowest BCUT2D eigenvalue weighted by molar-refractivity contribution is 0.195. The number of aliphatic hydroxyl groups excluding tert-OH is 1. The van der Waals surface area contributed by atoms with Gasteiger partial charge in [-0.05, 0) is 42.9 Å². The van der Waals surface area contributed by atoms with Crippen LogP contribution in [0.15, 0.2) is 29.2 Å². The van der Waals surface area contributed by atoms with Crippen molar-refractivity contribution in [1.82, 2.24) is 4.72 Å². The van der Waals surface area contributed by atoms with Crippen molar-refractivity contribution in [2.75, 3.05) is 13.2 Å². The third kappa shape index (κ3) is 3.52. The van der Waals surface area contributed by atoms with Crippen molar-refractivity contribution in [2.24, 2.45) is 11.8 Å². The Labute approximate surface area is 112 Å². The molecule has 2 unspecified atom stereocenters. The van der Waals surface area contributed by atoms with Crippen LogP contribution in [-0.2, 0) is 10.0 Å². The summed E-state index contributed by atoms with van der Waals surface area (Å²) in [5.74, 6) is -0.250. The minimum Gasteiger partial charge on any atom is -0.396 e. The Kier molecular flexibility index (Phi) is 4.54. The Morgan fingerprint density at radius 2 is 2.05 bits per heavy atom. The summed E-state index contributed by atoms with van der Waals surface area (Å²) in [6.07, 6.45) is 2.86. The SMILES string of the molecule is O=S(=O)(NCC1CCCC1CO)c1cccc(F)c1. The van der Waals surface area contributed by atoms with Gasteiger partial charge in [-0.3, -0.25) is 0 Å². The zero-order chi connectivity index (χ0) is 13.9. The van der Waals surface area contributed by atoms with Crippen LogP contribution in [0, 0.1) is 17.7 Å². The first-order chi connectivity index (χ1) is 9.03. The molecule has 6 heteroatoms. The number of rotatable bonds is 5. The monoisotopic (exact) mass is 287 g/mol. The molecule has 0 aliphatic heterocycles. The molecule has 1 saturated carbocycles. The number of halogens is 1. The molecule has 0 saturated heterocycles. The zero-order valence-electron chi connectivity index (χ0n) is 10.5. The van der Waals surface area contributed by atoms with Gasteiger partial charge in [0.15, 0.2) is 0 Å². The average Bonchev–Trinajstić information content (AvgIpc) is 2.84. The average molecular weight is 287 g/mol. The van der Waals surface area contributed by atoms with Crippen LogP contribution >= 0.6 is 0 Å². The molecular weight excluding hydrogens is 269 g/mol. The normalized spacial score (nSPS) is 23.7. The molecule has 2 N–H and O–H groups in total. The predicted octanol–water partition coefficient (Wildman–Crippen LogP) is 1.51. The highest BCUT2D eigenvalue weighted by atomic mass is 32.2. The van der Waals surface area contributed by atoms with Gasteiger partial charge in [-0.1, -0.05) is 12.5 Å². The van der Waals surface area contributed by atoms with Crippen LogP contribution in [-0.4, -0.2) is 26.7 Å². The summed E-state index contributed by atoms with van der Waals surface area (Å²) in [6, 6.07) is 4.94. The fourth-order valence-electron chi connectivity index (χ4n) is 2.56. The molecule has 2 rings (SSSR count). The molecule has 2 atom stereocenters. The van der Waals surface area contributed by atoms with E-state index in [9.17, 15) is 17.9 Å². The van der Waals surface area contributed by atoms with Gasteiger partial charge in [0, 0.05) is 13.2 Å². The molecule has 1 aliphatic rings. The van der Waals surface area contributed by atoms with Crippen LogP contribution in [0.4, 0.5) is 4.39 Å². The summed E-state index contributed by atoms with van der Waals surface area (Å²) >= 11 is 0. The quantitative estimate of drug-likeness (QED) is 0.862. The van der Waals surface area contributed by atoms with E-state index in [0.29, 0.717) is 6.54 Å². The summed E-state index contributed by atoms with van der Waals surface area (Å²) in [5, 5.41) is 9.19. The van der Waals surface area contributed by atoms with E-state index >= 15 is 0 Å². The van der Waals surface area contributed by atoms with Gasteiger partial charge in [-0.2, -0.15) is 0 Å². The summed E-state index contributed by atoms with van der Waals surface area (Å²) < 4.78 is 39.5. The van der Waals surface area contributed by atoms with Crippen LogP contribution in [0.5, 0.6) is 0 Å². The van der Waals surface area contributed by atoms with E-state index in [1.165, 1.54) is 18.2 Å². The molecule has 0 heterocycles. The molecule has 1 aromatic rings. The minimum absolute atomic E-state index is 0.0638. The van der Waals surface area contributed by atoms with Crippen molar-refractivity contribution < 1.29 is 17.9 Å². The van der Waals surface area contributed by atoms with Gasteiger partial charge < -0.3 is 5.11 Å². The molecular formula is C13H18FNO3S. The maximum absolute atomic E-state index is 13.0. The maximum Gasteiger partial charge on any atom is 0.240 e. The number of hydrogen-bond donors (Lipinski definition) is 2. The van der Waals surface area contributed by atoms with Crippen molar-refractivity contribution in [3.8, 4) is 0 Å². The lowest BCUT2D eigenvalue weighted by atomic mass is 9.97. The van der Waals surface area contributed by atoms with Crippen molar-refractivity contribution >= 4 is 10.0 Å². The first kappa shape index (κ1) is 14.4. The summed E-state index contributed by atoms with van der Waals surface area (Å²) in [6.45, 7) is 0.385. The van der Waals surface area contributed by atoms with Crippen LogP contribution in [0.1, 0.15) is 19.3 Å². The first-order valence-electron chi connectivity index (χ1n) is 6.39. The summed E-state index contributed by atoms with van der Waals surface area (Å²) in [7, 11) is -3.67. The molecule has 0 radical (unpaired) electrons. The van der Waals surface area contributed by atoms with Crippen molar-refractivity contribution in [3.63, 3.8) is 0 Å². The molecule has 106 valence electrons. The Balaban J connectivity index is 2.02. The van der Waals surface area contributed by atoms with E-state index in [2.05, 4.69) is 4.72 Å². The first-order valence-corrected chi connectivity index (χ1v) is 7.87. The van der Waals surface area contributed by atoms with Crippen molar-refractivity contribution in [3.05, 3.63) is 30.1 Å². The van der Waals surface area contributed by atoms with Gasteiger partial charge >= 0.3 is 0 Å². The van der Waals surface area contributed by atoms with Crippen LogP contribution in [0.3, 0.4) is 0 Å². The largest absolute Gasteiger partial charge is 0.396 e. The summed E-state index contributed by atoms with van der Waals surface area (Å²) in [4.78, 5) is -0.0638. The molecule has 4 nitrogen and oxygen atoms in total. The van der Waals surface area contributed by atoms with Crippen molar-refractivity contribution in [1.29, 1.82) is 0 Å². The lowest BCUT2D eigenvalue weighted by Crippen LogP contribution is -2.31. The zero-order valence-corrected chi connectivity index (χ0v) is 11.4. The fourth-order valence-corrected chi connectivity index (χ4v) is 3.68. The highest BCUT2D eigenvalue weighted by Crippen LogP contribution is 2.30. The van der Waals surface area contributed by atoms with E-state index in [1.807, 2.05) is 0 Å². The summed E-state index contributed by atoms with van der Waals surface area (Å²) in [5.41, 5.74) is 0. The number of sulfonamides is 1. The highest BCUT2D eigenvalue weighted by molar-refractivity contribution is 7.89. The Morgan fingerprint density at radius 3 is 2.74 bits per heavy atom. The van der Waals surface area contributed by atoms with Crippen molar-refractivity contribution in [2.45, 2.75) is 24.2 Å². The Bertz CT molecular complexity index is 532. The van der Waals surface area contributed by atoms with E-state index in [4.69, 9.17) is 0 Å². The van der Waals surface area contributed by atoms with E-state index in [-0.39, 0.29) is 23.3 Å². The van der Waals surface area contributed by atoms with Gasteiger partial charge in [0.1, 0.15) is 5.82 Å². The standard InChI is InChI=1S/C13H18FNO3S/c14-12-5-2-6-13(7-12)19(17,18)15-8-10-3-1-4-11(10)9-16/h2,5-7,10-11,15-16H,1,3-4,8-9H2.